The number of hydrogen-bond acceptors (Lipinski definition) is 3. The molecule has 1 atom stereocenters. The largest absolute Gasteiger partial charge is 0.508 e. The van der Waals surface area contributed by atoms with Crippen LogP contribution in [0.25, 0.3) is 0 Å². The van der Waals surface area contributed by atoms with E-state index < -0.39 is 17.5 Å². The van der Waals surface area contributed by atoms with Crippen molar-refractivity contribution in [2.24, 2.45) is 0 Å². The second kappa shape index (κ2) is 4.31. The summed E-state index contributed by atoms with van der Waals surface area (Å²) in [5.41, 5.74) is -0.823. The van der Waals surface area contributed by atoms with E-state index in [0.29, 0.717) is 10.6 Å². The summed E-state index contributed by atoms with van der Waals surface area (Å²) in [4.78, 5) is 10.8. The first kappa shape index (κ1) is 12.8. The molecule has 0 aliphatic heterocycles. The van der Waals surface area contributed by atoms with Crippen LogP contribution in [0, 0.1) is 0 Å². The van der Waals surface area contributed by atoms with Crippen molar-refractivity contribution >= 4 is 17.6 Å². The summed E-state index contributed by atoms with van der Waals surface area (Å²) in [6, 6.07) is 4.31. The van der Waals surface area contributed by atoms with Crippen LogP contribution in [0.4, 0.5) is 0 Å². The third-order valence-electron chi connectivity index (χ3n) is 2.57. The summed E-state index contributed by atoms with van der Waals surface area (Å²) < 4.78 is 0. The molecule has 4 nitrogen and oxygen atoms in total. The van der Waals surface area contributed by atoms with E-state index in [1.54, 1.807) is 0 Å². The second-order valence-corrected chi connectivity index (χ2v) is 4.56. The van der Waals surface area contributed by atoms with Gasteiger partial charge in [0, 0.05) is 16.0 Å². The standard InChI is InChI=1S/C11H13ClO4/c1-11(2,9(14)10(15)16)7-5-6(12)3-4-8(7)13/h3-5,9,13-14H,1-2H3,(H,15,16). The Kier molecular flexibility index (Phi) is 3.45. The van der Waals surface area contributed by atoms with E-state index in [2.05, 4.69) is 0 Å². The molecular formula is C11H13ClO4. The lowest BCUT2D eigenvalue weighted by atomic mass is 9.79. The normalized spacial score (nSPS) is 13.5. The summed E-state index contributed by atoms with van der Waals surface area (Å²) in [6.07, 6.45) is -1.61. The van der Waals surface area contributed by atoms with E-state index in [4.69, 9.17) is 16.7 Å². The highest BCUT2D eigenvalue weighted by molar-refractivity contribution is 6.30. The zero-order valence-corrected chi connectivity index (χ0v) is 9.69. The molecule has 1 unspecified atom stereocenters. The average Bonchev–Trinajstić information content (AvgIpc) is 2.20. The molecular weight excluding hydrogens is 232 g/mol. The molecule has 3 N–H and O–H groups in total. The number of aliphatic hydroxyl groups is 1. The fourth-order valence-electron chi connectivity index (χ4n) is 1.48. The van der Waals surface area contributed by atoms with Crippen molar-refractivity contribution in [3.8, 4) is 5.75 Å². The molecule has 88 valence electrons. The molecule has 0 amide bonds. The number of hydrogen-bond donors (Lipinski definition) is 3. The third-order valence-corrected chi connectivity index (χ3v) is 2.81. The highest BCUT2D eigenvalue weighted by Gasteiger charge is 2.37. The van der Waals surface area contributed by atoms with Gasteiger partial charge in [0.25, 0.3) is 0 Å². The monoisotopic (exact) mass is 244 g/mol. The number of aliphatic carboxylic acids is 1. The second-order valence-electron chi connectivity index (χ2n) is 4.12. The van der Waals surface area contributed by atoms with Crippen LogP contribution in [0.15, 0.2) is 18.2 Å². The minimum atomic E-state index is -1.61. The first-order chi connectivity index (χ1) is 7.26. The quantitative estimate of drug-likeness (QED) is 0.757. The molecule has 0 bridgehead atoms. The minimum Gasteiger partial charge on any atom is -0.508 e. The number of carboxylic acids is 1. The molecule has 0 fully saturated rings. The highest BCUT2D eigenvalue weighted by Crippen LogP contribution is 2.35. The first-order valence-corrected chi connectivity index (χ1v) is 5.04. The van der Waals surface area contributed by atoms with Gasteiger partial charge in [0.2, 0.25) is 0 Å². The number of aromatic hydroxyl groups is 1. The number of phenolic OH excluding ortho intramolecular Hbond substituents is 1. The van der Waals surface area contributed by atoms with Crippen molar-refractivity contribution in [2.45, 2.75) is 25.4 Å². The van der Waals surface area contributed by atoms with E-state index >= 15 is 0 Å². The van der Waals surface area contributed by atoms with Crippen molar-refractivity contribution in [3.05, 3.63) is 28.8 Å². The van der Waals surface area contributed by atoms with Gasteiger partial charge in [-0.3, -0.25) is 0 Å². The van der Waals surface area contributed by atoms with Gasteiger partial charge in [0.05, 0.1) is 0 Å². The maximum absolute atomic E-state index is 10.8. The molecule has 0 radical (unpaired) electrons. The third kappa shape index (κ3) is 2.28. The maximum atomic E-state index is 10.8. The molecule has 0 aliphatic rings. The molecule has 1 aromatic carbocycles. The van der Waals surface area contributed by atoms with Gasteiger partial charge < -0.3 is 15.3 Å². The summed E-state index contributed by atoms with van der Waals surface area (Å²) in [6.45, 7) is 3.05. The molecule has 1 aromatic rings. The molecule has 5 heteroatoms. The zero-order chi connectivity index (χ0) is 12.5. The smallest absolute Gasteiger partial charge is 0.333 e. The molecule has 16 heavy (non-hydrogen) atoms. The van der Waals surface area contributed by atoms with E-state index in [9.17, 15) is 15.0 Å². The van der Waals surface area contributed by atoms with Crippen LogP contribution in [-0.2, 0) is 10.2 Å². The van der Waals surface area contributed by atoms with Crippen molar-refractivity contribution in [2.75, 3.05) is 0 Å². The fourth-order valence-corrected chi connectivity index (χ4v) is 1.65. The Bertz CT molecular complexity index is 414. The van der Waals surface area contributed by atoms with Crippen LogP contribution in [0.1, 0.15) is 19.4 Å². The van der Waals surface area contributed by atoms with Crippen LogP contribution < -0.4 is 0 Å². The van der Waals surface area contributed by atoms with E-state index in [0.717, 1.165) is 0 Å². The van der Waals surface area contributed by atoms with Gasteiger partial charge >= 0.3 is 5.97 Å². The number of phenols is 1. The van der Waals surface area contributed by atoms with Crippen LogP contribution in [0.2, 0.25) is 5.02 Å². The van der Waals surface area contributed by atoms with Gasteiger partial charge in [-0.1, -0.05) is 25.4 Å². The van der Waals surface area contributed by atoms with Crippen molar-refractivity contribution in [1.82, 2.24) is 0 Å². The van der Waals surface area contributed by atoms with Gasteiger partial charge in [-0.15, -0.1) is 0 Å². The van der Waals surface area contributed by atoms with Gasteiger partial charge in [0.15, 0.2) is 6.10 Å². The SMILES string of the molecule is CC(C)(c1cc(Cl)ccc1O)C(O)C(=O)O. The number of carboxylic acid groups (broad SMARTS) is 1. The Hall–Kier alpha value is -1.26. The predicted molar refractivity (Wildman–Crippen MR) is 59.8 cm³/mol. The molecule has 0 saturated heterocycles. The predicted octanol–water partition coefficient (Wildman–Crippen LogP) is 1.77. The lowest BCUT2D eigenvalue weighted by Gasteiger charge is -2.28. The number of carbonyl (C=O) groups is 1. The van der Waals surface area contributed by atoms with Gasteiger partial charge in [0.1, 0.15) is 5.75 Å². The molecule has 0 saturated carbocycles. The van der Waals surface area contributed by atoms with Crippen LogP contribution in [0.5, 0.6) is 5.75 Å². The summed E-state index contributed by atoms with van der Waals surface area (Å²) >= 11 is 5.77. The summed E-state index contributed by atoms with van der Waals surface area (Å²) in [5, 5.41) is 28.4. The topological polar surface area (TPSA) is 77.8 Å². The fraction of sp³-hybridized carbons (Fsp3) is 0.364. The maximum Gasteiger partial charge on any atom is 0.333 e. The number of rotatable bonds is 3. The molecule has 0 heterocycles. The van der Waals surface area contributed by atoms with Gasteiger partial charge in [-0.2, -0.15) is 0 Å². The van der Waals surface area contributed by atoms with Crippen LogP contribution >= 0.6 is 11.6 Å². The number of aliphatic hydroxyl groups excluding tert-OH is 1. The minimum absolute atomic E-state index is 0.0882. The highest BCUT2D eigenvalue weighted by atomic mass is 35.5. The van der Waals surface area contributed by atoms with E-state index in [-0.39, 0.29) is 5.75 Å². The van der Waals surface area contributed by atoms with Crippen molar-refractivity contribution < 1.29 is 20.1 Å². The van der Waals surface area contributed by atoms with Gasteiger partial charge in [-0.25, -0.2) is 4.79 Å². The van der Waals surface area contributed by atoms with Crippen LogP contribution in [-0.4, -0.2) is 27.4 Å². The first-order valence-electron chi connectivity index (χ1n) is 4.66. The molecule has 0 spiro atoms. The zero-order valence-electron chi connectivity index (χ0n) is 8.94. The van der Waals surface area contributed by atoms with Crippen molar-refractivity contribution in [3.63, 3.8) is 0 Å². The molecule has 0 aromatic heterocycles. The van der Waals surface area contributed by atoms with Crippen molar-refractivity contribution in [1.29, 1.82) is 0 Å². The Morgan fingerprint density at radius 3 is 2.50 bits per heavy atom. The van der Waals surface area contributed by atoms with E-state index in [1.807, 2.05) is 0 Å². The lowest BCUT2D eigenvalue weighted by molar-refractivity contribution is -0.150. The lowest BCUT2D eigenvalue weighted by Crippen LogP contribution is -2.39. The Morgan fingerprint density at radius 1 is 1.44 bits per heavy atom. The molecule has 0 aliphatic carbocycles. The number of halogens is 1. The van der Waals surface area contributed by atoms with E-state index in [1.165, 1.54) is 32.0 Å². The summed E-state index contributed by atoms with van der Waals surface area (Å²) in [5.74, 6) is -1.43. The Labute approximate surface area is 98.1 Å². The molecule has 1 rings (SSSR count). The van der Waals surface area contributed by atoms with Crippen LogP contribution in [0.3, 0.4) is 0 Å². The Morgan fingerprint density at radius 2 is 2.00 bits per heavy atom. The Balaban J connectivity index is 3.25. The average molecular weight is 245 g/mol. The summed E-state index contributed by atoms with van der Waals surface area (Å²) in [7, 11) is 0. The van der Waals surface area contributed by atoms with Gasteiger partial charge in [-0.05, 0) is 18.2 Å². The number of benzene rings is 1.